The Labute approximate surface area is 106 Å². The molecule has 0 aromatic carbocycles. The molecule has 1 rings (SSSR count). The maximum Gasteiger partial charge on any atom is 0.161 e. The molecular formula is C15H28O2. The first kappa shape index (κ1) is 14.7. The number of ether oxygens (including phenoxy) is 1. The zero-order valence-electron chi connectivity index (χ0n) is 11.5. The largest absolute Gasteiger partial charge is 0.371 e. The minimum absolute atomic E-state index is 0.247. The van der Waals surface area contributed by atoms with Crippen molar-refractivity contribution in [1.82, 2.24) is 0 Å². The van der Waals surface area contributed by atoms with Crippen LogP contribution in [0.4, 0.5) is 0 Å². The Morgan fingerprint density at radius 1 is 1.24 bits per heavy atom. The average Bonchev–Trinajstić information content (AvgIpc) is 2.85. The van der Waals surface area contributed by atoms with E-state index in [1.807, 2.05) is 0 Å². The molecule has 2 nitrogen and oxygen atoms in total. The fraction of sp³-hybridized carbons (Fsp3) is 0.933. The normalized spacial score (nSPS) is 18.5. The molecule has 1 unspecified atom stereocenters. The number of carbonyl (C=O) groups excluding carboxylic acids is 1. The van der Waals surface area contributed by atoms with Crippen LogP contribution in [-0.2, 0) is 9.53 Å². The minimum Gasteiger partial charge on any atom is -0.371 e. The van der Waals surface area contributed by atoms with Crippen LogP contribution in [0.15, 0.2) is 0 Å². The van der Waals surface area contributed by atoms with Gasteiger partial charge in [0.2, 0.25) is 0 Å². The van der Waals surface area contributed by atoms with Gasteiger partial charge in [0.05, 0.1) is 6.10 Å². The van der Waals surface area contributed by atoms with Gasteiger partial charge >= 0.3 is 0 Å². The summed E-state index contributed by atoms with van der Waals surface area (Å²) >= 11 is 0. The van der Waals surface area contributed by atoms with Gasteiger partial charge in [0.25, 0.3) is 0 Å². The van der Waals surface area contributed by atoms with Crippen molar-refractivity contribution in [3.8, 4) is 0 Å². The summed E-state index contributed by atoms with van der Waals surface area (Å²) in [5.74, 6) is 0.644. The van der Waals surface area contributed by atoms with Gasteiger partial charge in [-0.3, -0.25) is 4.79 Å². The summed E-state index contributed by atoms with van der Waals surface area (Å²) in [6.45, 7) is 4.66. The van der Waals surface area contributed by atoms with Gasteiger partial charge in [-0.15, -0.1) is 0 Å². The summed E-state index contributed by atoms with van der Waals surface area (Å²) in [7, 11) is 0. The topological polar surface area (TPSA) is 26.3 Å². The van der Waals surface area contributed by atoms with Crippen LogP contribution in [-0.4, -0.2) is 18.5 Å². The van der Waals surface area contributed by atoms with Crippen molar-refractivity contribution < 1.29 is 9.53 Å². The van der Waals surface area contributed by atoms with Crippen molar-refractivity contribution in [2.75, 3.05) is 6.61 Å². The maximum atomic E-state index is 11.8. The molecule has 0 radical (unpaired) electrons. The molecule has 0 aromatic rings. The molecule has 0 aromatic heterocycles. The van der Waals surface area contributed by atoms with Crippen molar-refractivity contribution >= 4 is 5.78 Å². The van der Waals surface area contributed by atoms with Crippen LogP contribution in [0.3, 0.4) is 0 Å². The zero-order chi connectivity index (χ0) is 12.5. The Morgan fingerprint density at radius 2 is 1.94 bits per heavy atom. The van der Waals surface area contributed by atoms with Crippen LogP contribution in [0.2, 0.25) is 0 Å². The van der Waals surface area contributed by atoms with Gasteiger partial charge in [0.15, 0.2) is 5.78 Å². The van der Waals surface area contributed by atoms with Crippen molar-refractivity contribution in [1.29, 1.82) is 0 Å². The highest BCUT2D eigenvalue weighted by molar-refractivity contribution is 5.82. The first-order chi connectivity index (χ1) is 8.24. The lowest BCUT2D eigenvalue weighted by molar-refractivity contribution is -0.129. The van der Waals surface area contributed by atoms with Gasteiger partial charge in [-0.2, -0.15) is 0 Å². The Morgan fingerprint density at radius 3 is 2.59 bits per heavy atom. The summed E-state index contributed by atoms with van der Waals surface area (Å²) in [5, 5.41) is 0. The number of Topliss-reactive ketones (excluding diaryl/α,β-unsaturated/α-hetero) is 1. The monoisotopic (exact) mass is 240 g/mol. The second kappa shape index (κ2) is 8.68. The van der Waals surface area contributed by atoms with E-state index in [2.05, 4.69) is 13.8 Å². The second-order valence-corrected chi connectivity index (χ2v) is 5.42. The van der Waals surface area contributed by atoms with Crippen molar-refractivity contribution in [2.45, 2.75) is 77.7 Å². The van der Waals surface area contributed by atoms with Crippen molar-refractivity contribution in [3.63, 3.8) is 0 Å². The van der Waals surface area contributed by atoms with E-state index in [0.29, 0.717) is 18.3 Å². The standard InChI is InChI=1S/C15H28O2/c1-3-4-5-6-9-13(2)17-12-15(16)14-10-7-8-11-14/h13-14H,3-12H2,1-2H3. The second-order valence-electron chi connectivity index (χ2n) is 5.42. The van der Waals surface area contributed by atoms with Gasteiger partial charge in [-0.25, -0.2) is 0 Å². The van der Waals surface area contributed by atoms with E-state index in [-0.39, 0.29) is 6.10 Å². The van der Waals surface area contributed by atoms with E-state index < -0.39 is 0 Å². The third-order valence-corrected chi connectivity index (χ3v) is 3.78. The lowest BCUT2D eigenvalue weighted by Gasteiger charge is -2.14. The fourth-order valence-corrected chi connectivity index (χ4v) is 2.53. The van der Waals surface area contributed by atoms with Gasteiger partial charge in [0, 0.05) is 5.92 Å². The minimum atomic E-state index is 0.247. The average molecular weight is 240 g/mol. The lowest BCUT2D eigenvalue weighted by Crippen LogP contribution is -2.21. The van der Waals surface area contributed by atoms with Crippen molar-refractivity contribution in [2.24, 2.45) is 5.92 Å². The summed E-state index contributed by atoms with van der Waals surface area (Å²) in [5.41, 5.74) is 0. The Balaban J connectivity index is 2.02. The highest BCUT2D eigenvalue weighted by Gasteiger charge is 2.22. The van der Waals surface area contributed by atoms with Crippen molar-refractivity contribution in [3.05, 3.63) is 0 Å². The summed E-state index contributed by atoms with van der Waals surface area (Å²) < 4.78 is 5.65. The van der Waals surface area contributed by atoms with E-state index in [1.165, 1.54) is 38.5 Å². The molecule has 0 spiro atoms. The van der Waals surface area contributed by atoms with E-state index >= 15 is 0 Å². The van der Waals surface area contributed by atoms with Crippen LogP contribution < -0.4 is 0 Å². The number of hydrogen-bond donors (Lipinski definition) is 0. The number of rotatable bonds is 9. The predicted octanol–water partition coefficient (Wildman–Crippen LogP) is 4.12. The van der Waals surface area contributed by atoms with Crippen LogP contribution in [0.5, 0.6) is 0 Å². The number of hydrogen-bond acceptors (Lipinski definition) is 2. The molecular weight excluding hydrogens is 212 g/mol. The third-order valence-electron chi connectivity index (χ3n) is 3.78. The Bertz CT molecular complexity index is 207. The molecule has 1 aliphatic rings. The van der Waals surface area contributed by atoms with Gasteiger partial charge < -0.3 is 4.74 Å². The molecule has 1 saturated carbocycles. The summed E-state index contributed by atoms with van der Waals surface area (Å²) in [6, 6.07) is 0. The number of ketones is 1. The van der Waals surface area contributed by atoms with Gasteiger partial charge in [-0.1, -0.05) is 45.4 Å². The molecule has 1 atom stereocenters. The van der Waals surface area contributed by atoms with Gasteiger partial charge in [0.1, 0.15) is 6.61 Å². The fourth-order valence-electron chi connectivity index (χ4n) is 2.53. The first-order valence-corrected chi connectivity index (χ1v) is 7.38. The molecule has 1 aliphatic carbocycles. The number of carbonyl (C=O) groups is 1. The van der Waals surface area contributed by atoms with Gasteiger partial charge in [-0.05, 0) is 26.2 Å². The Hall–Kier alpha value is -0.370. The van der Waals surface area contributed by atoms with Crippen LogP contribution in [0.1, 0.15) is 71.6 Å². The SMILES string of the molecule is CCCCCCC(C)OCC(=O)C1CCCC1. The molecule has 0 saturated heterocycles. The Kier molecular flexibility index (Phi) is 7.50. The number of unbranched alkanes of at least 4 members (excludes halogenated alkanes) is 3. The molecule has 1 fully saturated rings. The molecule has 2 heteroatoms. The first-order valence-electron chi connectivity index (χ1n) is 7.38. The lowest BCUT2D eigenvalue weighted by atomic mass is 10.0. The van der Waals surface area contributed by atoms with Crippen LogP contribution in [0.25, 0.3) is 0 Å². The summed E-state index contributed by atoms with van der Waals surface area (Å²) in [4.78, 5) is 11.8. The third kappa shape index (κ3) is 6.21. The van der Waals surface area contributed by atoms with E-state index in [1.54, 1.807) is 0 Å². The van der Waals surface area contributed by atoms with E-state index in [9.17, 15) is 4.79 Å². The highest BCUT2D eigenvalue weighted by Crippen LogP contribution is 2.25. The van der Waals surface area contributed by atoms with Crippen LogP contribution >= 0.6 is 0 Å². The zero-order valence-corrected chi connectivity index (χ0v) is 11.5. The predicted molar refractivity (Wildman–Crippen MR) is 71.1 cm³/mol. The van der Waals surface area contributed by atoms with E-state index in [0.717, 1.165) is 19.3 Å². The molecule has 0 aliphatic heterocycles. The molecule has 0 bridgehead atoms. The smallest absolute Gasteiger partial charge is 0.161 e. The maximum absolute atomic E-state index is 11.8. The van der Waals surface area contributed by atoms with E-state index in [4.69, 9.17) is 4.74 Å². The highest BCUT2D eigenvalue weighted by atomic mass is 16.5. The molecule has 0 amide bonds. The molecule has 17 heavy (non-hydrogen) atoms. The molecule has 100 valence electrons. The van der Waals surface area contributed by atoms with Crippen LogP contribution in [0, 0.1) is 5.92 Å². The molecule has 0 heterocycles. The quantitative estimate of drug-likeness (QED) is 0.567. The molecule has 0 N–H and O–H groups in total. The summed E-state index contributed by atoms with van der Waals surface area (Å²) in [6.07, 6.45) is 11.1.